The van der Waals surface area contributed by atoms with Crippen LogP contribution in [0, 0.1) is 0 Å². The topological polar surface area (TPSA) is 29.9 Å². The van der Waals surface area contributed by atoms with Gasteiger partial charge in [-0.15, -0.1) is 0 Å². The first-order valence-electron chi connectivity index (χ1n) is 5.12. The molecule has 2 aliphatic heterocycles. The van der Waals surface area contributed by atoms with Crippen LogP contribution in [-0.2, 0) is 19.0 Å². The van der Waals surface area contributed by atoms with Crippen LogP contribution in [0.15, 0.2) is 6.20 Å². The fraction of sp³-hybridized carbons (Fsp3) is 0.700. The van der Waals surface area contributed by atoms with Crippen LogP contribution in [0.25, 0.3) is 0 Å². The molecule has 2 aliphatic rings. The molecule has 3 nitrogen and oxygen atoms in total. The maximum absolute atomic E-state index is 4.38. The molecule has 1 N–H and O–H groups in total. The number of nitrogens with one attached hydrogen (secondary N) is 1. The van der Waals surface area contributed by atoms with Gasteiger partial charge in [-0.2, -0.15) is 16.9 Å². The van der Waals surface area contributed by atoms with Gasteiger partial charge in [0.05, 0.1) is 11.9 Å². The van der Waals surface area contributed by atoms with E-state index < -0.39 is 0 Å². The molecule has 0 bridgehead atoms. The summed E-state index contributed by atoms with van der Waals surface area (Å²) in [5.41, 5.74) is 3.27. The average molecular weight is 209 g/mol. The van der Waals surface area contributed by atoms with Gasteiger partial charge in [0.1, 0.15) is 0 Å². The van der Waals surface area contributed by atoms with Gasteiger partial charge < -0.3 is 5.32 Å². The van der Waals surface area contributed by atoms with Crippen molar-refractivity contribution in [1.82, 2.24) is 15.1 Å². The Morgan fingerprint density at radius 1 is 1.64 bits per heavy atom. The molecule has 1 saturated heterocycles. The van der Waals surface area contributed by atoms with Crippen LogP contribution in [0.2, 0.25) is 0 Å². The lowest BCUT2D eigenvalue weighted by Crippen LogP contribution is -2.44. The van der Waals surface area contributed by atoms with E-state index in [4.69, 9.17) is 0 Å². The number of aromatic nitrogens is 2. The van der Waals surface area contributed by atoms with Crippen LogP contribution < -0.4 is 5.32 Å². The molecule has 1 atom stereocenters. The molecular weight excluding hydrogens is 194 g/mol. The van der Waals surface area contributed by atoms with E-state index in [-0.39, 0.29) is 0 Å². The lowest BCUT2D eigenvalue weighted by atomic mass is 9.79. The third-order valence-electron chi connectivity index (χ3n) is 3.40. The third-order valence-corrected chi connectivity index (χ3v) is 4.65. The second-order valence-electron chi connectivity index (χ2n) is 4.33. The normalized spacial score (nSPS) is 30.9. The standard InChI is InChI=1S/C10H15N3S/c1-13-9-8(5-12-13)4-11-6-10(9)2-3-14-7-10/h5,11H,2-4,6-7H2,1H3. The first kappa shape index (κ1) is 8.80. The summed E-state index contributed by atoms with van der Waals surface area (Å²) in [6.07, 6.45) is 3.32. The molecule has 4 heteroatoms. The second kappa shape index (κ2) is 3.00. The lowest BCUT2D eigenvalue weighted by molar-refractivity contribution is 0.383. The highest BCUT2D eigenvalue weighted by Gasteiger charge is 2.41. The number of fused-ring (bicyclic) bond motifs is 2. The SMILES string of the molecule is Cn1ncc2c1C1(CCSC1)CNC2. The molecule has 0 radical (unpaired) electrons. The summed E-state index contributed by atoms with van der Waals surface area (Å²) < 4.78 is 2.09. The van der Waals surface area contributed by atoms with Crippen LogP contribution in [-0.4, -0.2) is 27.8 Å². The van der Waals surface area contributed by atoms with Gasteiger partial charge in [0.15, 0.2) is 0 Å². The smallest absolute Gasteiger partial charge is 0.0537 e. The highest BCUT2D eigenvalue weighted by Crippen LogP contribution is 2.41. The first-order valence-corrected chi connectivity index (χ1v) is 6.27. The molecule has 0 aliphatic carbocycles. The van der Waals surface area contributed by atoms with E-state index in [1.165, 1.54) is 29.2 Å². The predicted molar refractivity (Wildman–Crippen MR) is 58.5 cm³/mol. The summed E-state index contributed by atoms with van der Waals surface area (Å²) >= 11 is 2.07. The summed E-state index contributed by atoms with van der Waals surface area (Å²) in [6.45, 7) is 2.13. The van der Waals surface area contributed by atoms with E-state index in [9.17, 15) is 0 Å². The molecule has 1 aromatic heterocycles. The highest BCUT2D eigenvalue weighted by atomic mass is 32.2. The first-order chi connectivity index (χ1) is 6.82. The van der Waals surface area contributed by atoms with Crippen molar-refractivity contribution < 1.29 is 0 Å². The quantitative estimate of drug-likeness (QED) is 0.688. The predicted octanol–water partition coefficient (Wildman–Crippen LogP) is 0.898. The minimum atomic E-state index is 0.378. The Morgan fingerprint density at radius 3 is 3.36 bits per heavy atom. The molecule has 14 heavy (non-hydrogen) atoms. The largest absolute Gasteiger partial charge is 0.312 e. The molecular formula is C10H15N3S. The van der Waals surface area contributed by atoms with E-state index in [0.717, 1.165) is 13.1 Å². The summed E-state index contributed by atoms with van der Waals surface area (Å²) in [5.74, 6) is 2.55. The van der Waals surface area contributed by atoms with E-state index in [1.807, 2.05) is 6.20 Å². The maximum Gasteiger partial charge on any atom is 0.0537 e. The van der Waals surface area contributed by atoms with Crippen molar-refractivity contribution in [1.29, 1.82) is 0 Å². The van der Waals surface area contributed by atoms with Crippen LogP contribution in [0.3, 0.4) is 0 Å². The molecule has 0 saturated carbocycles. The summed E-state index contributed by atoms with van der Waals surface area (Å²) in [7, 11) is 2.08. The molecule has 3 heterocycles. The number of rotatable bonds is 0. The van der Waals surface area contributed by atoms with Crippen molar-refractivity contribution in [2.45, 2.75) is 18.4 Å². The molecule has 1 fully saturated rings. The second-order valence-corrected chi connectivity index (χ2v) is 5.43. The van der Waals surface area contributed by atoms with E-state index in [1.54, 1.807) is 0 Å². The number of hydrogen-bond acceptors (Lipinski definition) is 3. The minimum absolute atomic E-state index is 0.378. The van der Waals surface area contributed by atoms with E-state index in [0.29, 0.717) is 5.41 Å². The highest BCUT2D eigenvalue weighted by molar-refractivity contribution is 7.99. The van der Waals surface area contributed by atoms with Gasteiger partial charge in [0.2, 0.25) is 0 Å². The Hall–Kier alpha value is -0.480. The average Bonchev–Trinajstić information content (AvgIpc) is 2.76. The molecule has 1 spiro atoms. The Balaban J connectivity index is 2.13. The molecule has 1 aromatic rings. The Kier molecular flexibility index (Phi) is 1.89. The summed E-state index contributed by atoms with van der Waals surface area (Å²) in [4.78, 5) is 0. The van der Waals surface area contributed by atoms with Crippen LogP contribution in [0.5, 0.6) is 0 Å². The number of nitrogens with zero attached hydrogens (tertiary/aromatic N) is 2. The van der Waals surface area contributed by atoms with Crippen molar-refractivity contribution in [3.8, 4) is 0 Å². The number of aryl methyl sites for hydroxylation is 1. The Morgan fingerprint density at radius 2 is 2.57 bits per heavy atom. The van der Waals surface area contributed by atoms with E-state index >= 15 is 0 Å². The van der Waals surface area contributed by atoms with Gasteiger partial charge in [0.25, 0.3) is 0 Å². The van der Waals surface area contributed by atoms with Crippen molar-refractivity contribution in [2.75, 3.05) is 18.1 Å². The summed E-state index contributed by atoms with van der Waals surface area (Å²) in [6, 6.07) is 0. The minimum Gasteiger partial charge on any atom is -0.312 e. The number of thioether (sulfide) groups is 1. The van der Waals surface area contributed by atoms with Gasteiger partial charge in [-0.25, -0.2) is 0 Å². The monoisotopic (exact) mass is 209 g/mol. The van der Waals surface area contributed by atoms with Gasteiger partial charge in [-0.05, 0) is 12.2 Å². The van der Waals surface area contributed by atoms with Crippen molar-refractivity contribution in [3.05, 3.63) is 17.5 Å². The Bertz CT molecular complexity index is 352. The van der Waals surface area contributed by atoms with Crippen LogP contribution >= 0.6 is 11.8 Å². The van der Waals surface area contributed by atoms with Gasteiger partial charge in [0, 0.05) is 36.9 Å². The number of hydrogen-bond donors (Lipinski definition) is 1. The molecule has 3 rings (SSSR count). The molecule has 0 amide bonds. The zero-order valence-electron chi connectivity index (χ0n) is 8.42. The lowest BCUT2D eigenvalue weighted by Gasteiger charge is -2.34. The molecule has 0 aromatic carbocycles. The molecule has 76 valence electrons. The Labute approximate surface area is 88.3 Å². The van der Waals surface area contributed by atoms with Gasteiger partial charge in [-0.3, -0.25) is 4.68 Å². The van der Waals surface area contributed by atoms with Crippen molar-refractivity contribution >= 4 is 11.8 Å². The fourth-order valence-corrected chi connectivity index (χ4v) is 4.20. The maximum atomic E-state index is 4.38. The fourth-order valence-electron chi connectivity index (χ4n) is 2.75. The van der Waals surface area contributed by atoms with Crippen molar-refractivity contribution in [3.63, 3.8) is 0 Å². The van der Waals surface area contributed by atoms with Crippen LogP contribution in [0.4, 0.5) is 0 Å². The zero-order chi connectivity index (χ0) is 9.60. The van der Waals surface area contributed by atoms with Crippen LogP contribution in [0.1, 0.15) is 17.7 Å². The zero-order valence-corrected chi connectivity index (χ0v) is 9.23. The van der Waals surface area contributed by atoms with Gasteiger partial charge in [-0.1, -0.05) is 0 Å². The summed E-state index contributed by atoms with van der Waals surface area (Å²) in [5, 5.41) is 7.90. The molecule has 1 unspecified atom stereocenters. The van der Waals surface area contributed by atoms with Gasteiger partial charge >= 0.3 is 0 Å². The van der Waals surface area contributed by atoms with E-state index in [2.05, 4.69) is 33.9 Å². The van der Waals surface area contributed by atoms with Crippen molar-refractivity contribution in [2.24, 2.45) is 7.05 Å². The third kappa shape index (κ3) is 1.07.